The highest BCUT2D eigenvalue weighted by molar-refractivity contribution is 7.91. The molecule has 4 rings (SSSR count). The van der Waals surface area contributed by atoms with Gasteiger partial charge < -0.3 is 9.84 Å². The lowest BCUT2D eigenvalue weighted by Gasteiger charge is -2.27. The standard InChI is InChI=1S/C30H32N4O8S/c1-20(35)26(16-21-6-4-3-5-7-21)29(37)34(31)27(30(38)39)17-22-8-12-24(13-9-22)32-19-28(36)33(43(32,40)41)18-23-10-14-25(42-2)15-11-23/h3-15,26-27H,16-19,31H2,1-2H3,(H,38,39). The summed E-state index contributed by atoms with van der Waals surface area (Å²) >= 11 is 0. The Kier molecular flexibility index (Phi) is 9.46. The summed E-state index contributed by atoms with van der Waals surface area (Å²) in [7, 11) is -2.66. The fourth-order valence-electron chi connectivity index (χ4n) is 4.74. The number of carbonyl (C=O) groups is 4. The number of rotatable bonds is 12. The minimum atomic E-state index is -4.17. The minimum Gasteiger partial charge on any atom is -0.497 e. The summed E-state index contributed by atoms with van der Waals surface area (Å²) in [4.78, 5) is 50.3. The summed E-state index contributed by atoms with van der Waals surface area (Å²) in [5, 5.41) is 10.4. The molecule has 3 aromatic carbocycles. The van der Waals surface area contributed by atoms with E-state index < -0.39 is 52.3 Å². The molecule has 0 spiro atoms. The van der Waals surface area contributed by atoms with Gasteiger partial charge in [0.1, 0.15) is 30.0 Å². The van der Waals surface area contributed by atoms with Gasteiger partial charge in [0.2, 0.25) is 5.91 Å². The predicted molar refractivity (Wildman–Crippen MR) is 157 cm³/mol. The first-order valence-electron chi connectivity index (χ1n) is 13.3. The van der Waals surface area contributed by atoms with E-state index in [9.17, 15) is 32.7 Å². The van der Waals surface area contributed by atoms with Gasteiger partial charge in [-0.1, -0.05) is 54.6 Å². The molecule has 0 aromatic heterocycles. The first kappa shape index (κ1) is 31.2. The molecule has 13 heteroatoms. The highest BCUT2D eigenvalue weighted by atomic mass is 32.2. The second-order valence-electron chi connectivity index (χ2n) is 10.1. The first-order valence-corrected chi connectivity index (χ1v) is 14.7. The van der Waals surface area contributed by atoms with Crippen LogP contribution < -0.4 is 14.9 Å². The lowest BCUT2D eigenvalue weighted by Crippen LogP contribution is -2.54. The maximum absolute atomic E-state index is 13.2. The Bertz CT molecular complexity index is 1600. The van der Waals surface area contributed by atoms with Crippen molar-refractivity contribution in [1.29, 1.82) is 0 Å². The van der Waals surface area contributed by atoms with Crippen LogP contribution in [0, 0.1) is 5.92 Å². The van der Waals surface area contributed by atoms with E-state index >= 15 is 0 Å². The number of nitrogens with two attached hydrogens (primary N) is 1. The third kappa shape index (κ3) is 7.01. The summed E-state index contributed by atoms with van der Waals surface area (Å²) < 4.78 is 33.3. The van der Waals surface area contributed by atoms with Gasteiger partial charge in [0.15, 0.2) is 0 Å². The SMILES string of the molecule is COc1ccc(CN2C(=O)CN(c3ccc(CC(C(=O)O)N(N)C(=O)C(Cc4ccccc4)C(C)=O)cc3)S2(=O)=O)cc1. The average Bonchev–Trinajstić information content (AvgIpc) is 3.22. The molecule has 226 valence electrons. The Morgan fingerprint density at radius 2 is 1.51 bits per heavy atom. The lowest BCUT2D eigenvalue weighted by atomic mass is 9.94. The molecule has 2 atom stereocenters. The summed E-state index contributed by atoms with van der Waals surface area (Å²) in [6.45, 7) is 0.712. The Balaban J connectivity index is 1.47. The number of ketones is 1. The van der Waals surface area contributed by atoms with Crippen molar-refractivity contribution in [1.82, 2.24) is 9.31 Å². The number of carboxylic acids is 1. The summed E-state index contributed by atoms with van der Waals surface area (Å²) in [5.41, 5.74) is 1.98. The van der Waals surface area contributed by atoms with E-state index in [-0.39, 0.29) is 25.1 Å². The molecule has 2 amide bonds. The van der Waals surface area contributed by atoms with E-state index in [1.807, 2.05) is 0 Å². The number of hydrogen-bond acceptors (Lipinski definition) is 8. The van der Waals surface area contributed by atoms with E-state index in [0.29, 0.717) is 21.9 Å². The maximum atomic E-state index is 13.2. The lowest BCUT2D eigenvalue weighted by molar-refractivity contribution is -0.154. The summed E-state index contributed by atoms with van der Waals surface area (Å²) in [6, 6.07) is 19.9. The second kappa shape index (κ2) is 13.0. The van der Waals surface area contributed by atoms with Gasteiger partial charge in [0, 0.05) is 6.42 Å². The number of amides is 2. The molecule has 43 heavy (non-hydrogen) atoms. The fraction of sp³-hybridized carbons (Fsp3) is 0.267. The molecule has 1 heterocycles. The number of nitrogens with zero attached hydrogens (tertiary/aromatic N) is 3. The number of Topliss-reactive ketones (excluding diaryl/α,β-unsaturated/α-hetero) is 1. The number of carbonyl (C=O) groups excluding carboxylic acids is 3. The van der Waals surface area contributed by atoms with E-state index in [1.165, 1.54) is 38.3 Å². The molecule has 1 saturated heterocycles. The van der Waals surface area contributed by atoms with Crippen LogP contribution in [-0.2, 0) is 48.8 Å². The number of hydrazine groups is 1. The first-order chi connectivity index (χ1) is 20.4. The van der Waals surface area contributed by atoms with Gasteiger partial charge in [0.25, 0.3) is 5.91 Å². The van der Waals surface area contributed by atoms with Crippen molar-refractivity contribution in [3.8, 4) is 5.75 Å². The summed E-state index contributed by atoms with van der Waals surface area (Å²) in [6.07, 6.45) is -0.134. The van der Waals surface area contributed by atoms with Crippen LogP contribution in [0.15, 0.2) is 78.9 Å². The zero-order valence-corrected chi connectivity index (χ0v) is 24.4. The van der Waals surface area contributed by atoms with Crippen molar-refractivity contribution in [3.63, 3.8) is 0 Å². The van der Waals surface area contributed by atoms with Gasteiger partial charge in [-0.05, 0) is 54.3 Å². The molecule has 3 N–H and O–H groups in total. The fourth-order valence-corrected chi connectivity index (χ4v) is 6.26. The highest BCUT2D eigenvalue weighted by Crippen LogP contribution is 2.28. The van der Waals surface area contributed by atoms with E-state index in [4.69, 9.17) is 10.6 Å². The molecule has 0 radical (unpaired) electrons. The van der Waals surface area contributed by atoms with Crippen molar-refractivity contribution in [2.75, 3.05) is 18.0 Å². The van der Waals surface area contributed by atoms with Crippen molar-refractivity contribution in [3.05, 3.63) is 95.6 Å². The van der Waals surface area contributed by atoms with E-state index in [2.05, 4.69) is 0 Å². The number of methoxy groups -OCH3 is 1. The van der Waals surface area contributed by atoms with Crippen molar-refractivity contribution in [2.45, 2.75) is 32.4 Å². The number of aliphatic carboxylic acids is 1. The van der Waals surface area contributed by atoms with Crippen LogP contribution in [0.3, 0.4) is 0 Å². The van der Waals surface area contributed by atoms with Gasteiger partial charge >= 0.3 is 16.2 Å². The van der Waals surface area contributed by atoms with Crippen LogP contribution in [0.25, 0.3) is 0 Å². The normalized spacial score (nSPS) is 15.6. The zero-order valence-electron chi connectivity index (χ0n) is 23.6. The molecule has 0 bridgehead atoms. The highest BCUT2D eigenvalue weighted by Gasteiger charge is 2.42. The number of carboxylic acid groups (broad SMARTS) is 1. The monoisotopic (exact) mass is 608 g/mol. The maximum Gasteiger partial charge on any atom is 0.329 e. The molecule has 0 aliphatic carbocycles. The van der Waals surface area contributed by atoms with Gasteiger partial charge in [-0.25, -0.2) is 19.2 Å². The Hall–Kier alpha value is -4.75. The van der Waals surface area contributed by atoms with Crippen LogP contribution in [0.5, 0.6) is 5.75 Å². The largest absolute Gasteiger partial charge is 0.497 e. The Morgan fingerprint density at radius 1 is 0.930 bits per heavy atom. The molecule has 1 aliphatic heterocycles. The van der Waals surface area contributed by atoms with Gasteiger partial charge in [-0.3, -0.25) is 19.4 Å². The van der Waals surface area contributed by atoms with Crippen LogP contribution in [0.2, 0.25) is 0 Å². The van der Waals surface area contributed by atoms with Gasteiger partial charge in [-0.2, -0.15) is 8.42 Å². The van der Waals surface area contributed by atoms with Crippen LogP contribution in [0.1, 0.15) is 23.6 Å². The van der Waals surface area contributed by atoms with E-state index in [1.54, 1.807) is 54.6 Å². The quantitative estimate of drug-likeness (QED) is 0.135. The van der Waals surface area contributed by atoms with Crippen molar-refractivity contribution in [2.24, 2.45) is 11.8 Å². The molecule has 1 aliphatic rings. The summed E-state index contributed by atoms with van der Waals surface area (Å²) in [5.74, 6) is 2.20. The smallest absolute Gasteiger partial charge is 0.329 e. The minimum absolute atomic E-state index is 0.0717. The van der Waals surface area contributed by atoms with E-state index in [0.717, 1.165) is 14.2 Å². The Morgan fingerprint density at radius 3 is 2.07 bits per heavy atom. The third-order valence-corrected chi connectivity index (χ3v) is 8.99. The van der Waals surface area contributed by atoms with Crippen LogP contribution in [-0.4, -0.2) is 66.1 Å². The number of ether oxygens (including phenoxy) is 1. The number of hydrogen-bond donors (Lipinski definition) is 2. The van der Waals surface area contributed by atoms with Crippen LogP contribution >= 0.6 is 0 Å². The molecular weight excluding hydrogens is 576 g/mol. The molecule has 2 unspecified atom stereocenters. The van der Waals surface area contributed by atoms with Gasteiger partial charge in [0.05, 0.1) is 19.3 Å². The van der Waals surface area contributed by atoms with Gasteiger partial charge in [-0.15, -0.1) is 0 Å². The third-order valence-electron chi connectivity index (χ3n) is 7.20. The second-order valence-corrected chi connectivity index (χ2v) is 11.9. The molecule has 12 nitrogen and oxygen atoms in total. The molecule has 3 aromatic rings. The molecule has 1 fully saturated rings. The predicted octanol–water partition coefficient (Wildman–Crippen LogP) is 1.93. The Labute approximate surface area is 249 Å². The topological polar surface area (TPSA) is 168 Å². The average molecular weight is 609 g/mol. The zero-order chi connectivity index (χ0) is 31.3. The van der Waals surface area contributed by atoms with Crippen LogP contribution in [0.4, 0.5) is 5.69 Å². The number of anilines is 1. The van der Waals surface area contributed by atoms with Crippen molar-refractivity contribution >= 4 is 39.5 Å². The molecular formula is C30H32N4O8S. The number of benzene rings is 3. The molecule has 0 saturated carbocycles. The van der Waals surface area contributed by atoms with Crippen molar-refractivity contribution < 1.29 is 37.4 Å².